The van der Waals surface area contributed by atoms with Crippen molar-refractivity contribution in [2.24, 2.45) is 0 Å². The van der Waals surface area contributed by atoms with Crippen LogP contribution in [0.15, 0.2) is 66.9 Å². The molecule has 1 aliphatic heterocycles. The fraction of sp³-hybridized carbons (Fsp3) is 0.192. The molecule has 178 valence electrons. The lowest BCUT2D eigenvalue weighted by Gasteiger charge is -2.08. The second-order valence-corrected chi connectivity index (χ2v) is 8.08. The summed E-state index contributed by atoms with van der Waals surface area (Å²) in [6, 6.07) is 17.6. The van der Waals surface area contributed by atoms with Gasteiger partial charge in [-0.25, -0.2) is 9.78 Å². The number of nitrogens with zero attached hydrogens (tertiary/aromatic N) is 2. The number of carbonyl (C=O) groups is 3. The third kappa shape index (κ3) is 5.89. The number of benzene rings is 2. The number of nitrogens with one attached hydrogen (secondary N) is 2. The minimum atomic E-state index is -1.14. The van der Waals surface area contributed by atoms with Crippen molar-refractivity contribution in [3.05, 3.63) is 83.6 Å². The number of carboxylic acid groups (broad SMARTS) is 1. The van der Waals surface area contributed by atoms with Crippen LogP contribution in [0, 0.1) is 0 Å². The summed E-state index contributed by atoms with van der Waals surface area (Å²) in [4.78, 5) is 39.4. The SMILES string of the molecule is CC(=O)NC[C@H]1C[N+](c2ccc(-c3ccc(CNC(=O)c4ccccc4C(=O)O)cc3)nc2)=CO1. The average molecular weight is 474 g/mol. The number of ether oxygens (including phenoxy) is 1. The minimum absolute atomic E-state index is 0.0313. The molecular formula is C26H25N4O5+. The largest absolute Gasteiger partial charge is 0.478 e. The predicted octanol–water partition coefficient (Wildman–Crippen LogP) is 2.58. The van der Waals surface area contributed by atoms with E-state index in [9.17, 15) is 19.5 Å². The number of carbonyl (C=O) groups excluding carboxylic acids is 2. The molecule has 0 bridgehead atoms. The van der Waals surface area contributed by atoms with Crippen molar-refractivity contribution >= 4 is 29.9 Å². The summed E-state index contributed by atoms with van der Waals surface area (Å²) in [5.41, 5.74) is 3.59. The van der Waals surface area contributed by atoms with Gasteiger partial charge in [-0.05, 0) is 23.8 Å². The van der Waals surface area contributed by atoms with Crippen molar-refractivity contribution in [2.45, 2.75) is 19.6 Å². The van der Waals surface area contributed by atoms with Crippen molar-refractivity contribution in [1.82, 2.24) is 15.6 Å². The Bertz CT molecular complexity index is 1270. The lowest BCUT2D eigenvalue weighted by Crippen LogP contribution is -2.32. The third-order valence-electron chi connectivity index (χ3n) is 5.54. The second kappa shape index (κ2) is 10.6. The van der Waals surface area contributed by atoms with Crippen molar-refractivity contribution < 1.29 is 28.8 Å². The minimum Gasteiger partial charge on any atom is -0.478 e. The second-order valence-electron chi connectivity index (χ2n) is 8.08. The van der Waals surface area contributed by atoms with E-state index in [1.54, 1.807) is 24.7 Å². The van der Waals surface area contributed by atoms with Crippen LogP contribution in [0.4, 0.5) is 5.69 Å². The van der Waals surface area contributed by atoms with Crippen LogP contribution in [0.2, 0.25) is 0 Å². The normalized spacial score (nSPS) is 14.5. The predicted molar refractivity (Wildman–Crippen MR) is 129 cm³/mol. The van der Waals surface area contributed by atoms with Crippen molar-refractivity contribution in [3.63, 3.8) is 0 Å². The Balaban J connectivity index is 1.34. The molecule has 1 aromatic heterocycles. The number of aromatic carboxylic acids is 1. The quantitative estimate of drug-likeness (QED) is 0.433. The van der Waals surface area contributed by atoms with Crippen LogP contribution in [0.25, 0.3) is 11.3 Å². The molecule has 2 aromatic carbocycles. The number of aromatic nitrogens is 1. The molecule has 3 aromatic rings. The molecule has 0 saturated heterocycles. The summed E-state index contributed by atoms with van der Waals surface area (Å²) in [5.74, 6) is -1.67. The maximum absolute atomic E-state index is 12.4. The van der Waals surface area contributed by atoms with E-state index in [-0.39, 0.29) is 29.7 Å². The number of carboxylic acids is 1. The molecule has 1 atom stereocenters. The zero-order valence-electron chi connectivity index (χ0n) is 19.1. The number of hydrogen-bond acceptors (Lipinski definition) is 5. The van der Waals surface area contributed by atoms with Gasteiger partial charge in [0, 0.05) is 25.1 Å². The summed E-state index contributed by atoms with van der Waals surface area (Å²) in [6.07, 6.45) is 3.30. The lowest BCUT2D eigenvalue weighted by atomic mass is 10.1. The van der Waals surface area contributed by atoms with Crippen LogP contribution in [0.5, 0.6) is 0 Å². The Morgan fingerprint density at radius 3 is 2.43 bits per heavy atom. The van der Waals surface area contributed by atoms with Gasteiger partial charge in [-0.15, -0.1) is 0 Å². The summed E-state index contributed by atoms with van der Waals surface area (Å²) in [6.45, 7) is 2.82. The first kappa shape index (κ1) is 23.6. The summed E-state index contributed by atoms with van der Waals surface area (Å²) >= 11 is 0. The van der Waals surface area contributed by atoms with Gasteiger partial charge >= 0.3 is 12.4 Å². The first-order valence-corrected chi connectivity index (χ1v) is 11.1. The van der Waals surface area contributed by atoms with Gasteiger partial charge in [0.1, 0.15) is 0 Å². The lowest BCUT2D eigenvalue weighted by molar-refractivity contribution is -0.428. The zero-order valence-corrected chi connectivity index (χ0v) is 19.1. The third-order valence-corrected chi connectivity index (χ3v) is 5.54. The van der Waals surface area contributed by atoms with Crippen molar-refractivity contribution in [1.29, 1.82) is 0 Å². The van der Waals surface area contributed by atoms with E-state index in [0.717, 1.165) is 22.5 Å². The van der Waals surface area contributed by atoms with Gasteiger partial charge in [0.2, 0.25) is 11.6 Å². The molecule has 0 fully saturated rings. The van der Waals surface area contributed by atoms with Crippen LogP contribution in [0.3, 0.4) is 0 Å². The summed E-state index contributed by atoms with van der Waals surface area (Å²) < 4.78 is 7.53. The van der Waals surface area contributed by atoms with Gasteiger partial charge < -0.3 is 20.5 Å². The van der Waals surface area contributed by atoms with E-state index in [4.69, 9.17) is 4.74 Å². The first-order chi connectivity index (χ1) is 16.9. The fourth-order valence-electron chi connectivity index (χ4n) is 3.67. The van der Waals surface area contributed by atoms with E-state index in [2.05, 4.69) is 15.6 Å². The molecule has 0 aliphatic carbocycles. The highest BCUT2D eigenvalue weighted by Gasteiger charge is 2.26. The van der Waals surface area contributed by atoms with Crippen molar-refractivity contribution in [2.75, 3.05) is 13.1 Å². The molecule has 4 rings (SSSR count). The molecule has 9 nitrogen and oxygen atoms in total. The highest BCUT2D eigenvalue weighted by molar-refractivity contribution is 6.04. The standard InChI is InChI=1S/C26H24N4O5/c1-17(31)27-14-21-15-30(16-35-21)20-10-11-24(28-13-20)19-8-6-18(7-9-19)12-29-25(32)22-4-2-3-5-23(22)26(33)34/h2-11,13,16,21H,12,14-15H2,1H3,(H2-,27,29,31,32,33,34)/p+1/t21-/m0/s1. The Kier molecular flexibility index (Phi) is 7.15. The Morgan fingerprint density at radius 2 is 1.77 bits per heavy atom. The molecule has 1 aliphatic rings. The summed E-state index contributed by atoms with van der Waals surface area (Å²) in [7, 11) is 0. The van der Waals surface area contributed by atoms with E-state index in [0.29, 0.717) is 13.1 Å². The molecule has 35 heavy (non-hydrogen) atoms. The maximum atomic E-state index is 12.4. The van der Waals surface area contributed by atoms with Crippen LogP contribution in [-0.2, 0) is 16.1 Å². The topological polar surface area (TPSA) is 121 Å². The highest BCUT2D eigenvalue weighted by Crippen LogP contribution is 2.21. The van der Waals surface area contributed by atoms with Crippen LogP contribution in [-0.4, -0.2) is 58.0 Å². The van der Waals surface area contributed by atoms with Gasteiger partial charge in [0.05, 0.1) is 29.6 Å². The smallest absolute Gasteiger partial charge is 0.336 e. The van der Waals surface area contributed by atoms with Gasteiger partial charge in [-0.2, -0.15) is 4.58 Å². The molecule has 2 amide bonds. The maximum Gasteiger partial charge on any atom is 0.336 e. The van der Waals surface area contributed by atoms with E-state index < -0.39 is 11.9 Å². The fourth-order valence-corrected chi connectivity index (χ4v) is 3.67. The van der Waals surface area contributed by atoms with E-state index in [1.165, 1.54) is 19.1 Å². The average Bonchev–Trinajstić information content (AvgIpc) is 3.35. The van der Waals surface area contributed by atoms with E-state index in [1.807, 2.05) is 41.0 Å². The van der Waals surface area contributed by atoms with Gasteiger partial charge in [0.15, 0.2) is 12.6 Å². The molecule has 0 saturated carbocycles. The molecule has 2 heterocycles. The van der Waals surface area contributed by atoms with Crippen LogP contribution in [0.1, 0.15) is 33.2 Å². The van der Waals surface area contributed by atoms with Gasteiger partial charge in [-0.1, -0.05) is 36.4 Å². The number of amides is 2. The van der Waals surface area contributed by atoms with Crippen LogP contribution < -0.4 is 10.6 Å². The molecule has 9 heteroatoms. The summed E-state index contributed by atoms with van der Waals surface area (Å²) in [5, 5.41) is 14.8. The number of hydrogen-bond donors (Lipinski definition) is 3. The van der Waals surface area contributed by atoms with Crippen molar-refractivity contribution in [3.8, 4) is 11.3 Å². The molecule has 0 spiro atoms. The first-order valence-electron chi connectivity index (χ1n) is 11.1. The van der Waals surface area contributed by atoms with Gasteiger partial charge in [-0.3, -0.25) is 9.59 Å². The Labute approximate surface area is 202 Å². The van der Waals surface area contributed by atoms with E-state index >= 15 is 0 Å². The van der Waals surface area contributed by atoms with Gasteiger partial charge in [0.25, 0.3) is 5.91 Å². The molecule has 0 radical (unpaired) electrons. The monoisotopic (exact) mass is 473 g/mol. The Hall–Kier alpha value is -4.53. The highest BCUT2D eigenvalue weighted by atomic mass is 16.5. The van der Waals surface area contributed by atoms with Crippen LogP contribution >= 0.6 is 0 Å². The number of rotatable bonds is 8. The molecule has 3 N–H and O–H groups in total. The zero-order chi connectivity index (χ0) is 24.8. The molecular weight excluding hydrogens is 448 g/mol. The molecule has 0 unspecified atom stereocenters. The Morgan fingerprint density at radius 1 is 1.03 bits per heavy atom. The number of pyridine rings is 1.